The van der Waals surface area contributed by atoms with Crippen LogP contribution in [0.2, 0.25) is 0 Å². The van der Waals surface area contributed by atoms with Gasteiger partial charge in [-0.2, -0.15) is 0 Å². The van der Waals surface area contributed by atoms with E-state index < -0.39 is 0 Å². The molecule has 3 N–H and O–H groups in total. The molecule has 1 fully saturated rings. The Balaban J connectivity index is 1.94. The zero-order valence-electron chi connectivity index (χ0n) is 9.28. The Morgan fingerprint density at radius 2 is 2.47 bits per heavy atom. The van der Waals surface area contributed by atoms with E-state index in [9.17, 15) is 0 Å². The van der Waals surface area contributed by atoms with Gasteiger partial charge in [-0.25, -0.2) is 0 Å². The zero-order valence-corrected chi connectivity index (χ0v) is 10.1. The minimum atomic E-state index is 0.325. The third-order valence-corrected chi connectivity index (χ3v) is 4.28. The van der Waals surface area contributed by atoms with Crippen LogP contribution in [-0.2, 0) is 0 Å². The summed E-state index contributed by atoms with van der Waals surface area (Å²) < 4.78 is 0. The van der Waals surface area contributed by atoms with Crippen LogP contribution in [0.5, 0.6) is 0 Å². The first-order valence-electron chi connectivity index (χ1n) is 5.83. The first-order chi connectivity index (χ1) is 7.31. The van der Waals surface area contributed by atoms with Crippen molar-refractivity contribution in [1.82, 2.24) is 5.32 Å². The number of thiophene rings is 1. The third kappa shape index (κ3) is 2.60. The van der Waals surface area contributed by atoms with E-state index in [0.29, 0.717) is 18.0 Å². The summed E-state index contributed by atoms with van der Waals surface area (Å²) in [6.45, 7) is 3.32. The summed E-state index contributed by atoms with van der Waals surface area (Å²) in [6.07, 6.45) is 3.56. The highest BCUT2D eigenvalue weighted by atomic mass is 32.1. The molecule has 0 bridgehead atoms. The Labute approximate surface area is 95.9 Å². The molecular weight excluding hydrogens is 204 g/mol. The lowest BCUT2D eigenvalue weighted by Crippen LogP contribution is -2.51. The zero-order chi connectivity index (χ0) is 10.7. The van der Waals surface area contributed by atoms with Crippen LogP contribution in [0.15, 0.2) is 17.5 Å². The number of nitrogens with one attached hydrogen (secondary N) is 1. The minimum Gasteiger partial charge on any atom is -0.326 e. The largest absolute Gasteiger partial charge is 0.326 e. The summed E-state index contributed by atoms with van der Waals surface area (Å²) >= 11 is 1.85. The fourth-order valence-corrected chi connectivity index (χ4v) is 3.23. The van der Waals surface area contributed by atoms with Crippen LogP contribution in [0.4, 0.5) is 0 Å². The highest BCUT2D eigenvalue weighted by molar-refractivity contribution is 7.10. The van der Waals surface area contributed by atoms with E-state index in [-0.39, 0.29) is 0 Å². The van der Waals surface area contributed by atoms with Gasteiger partial charge in [0.15, 0.2) is 0 Å². The Morgan fingerprint density at radius 3 is 3.07 bits per heavy atom. The quantitative estimate of drug-likeness (QED) is 0.827. The van der Waals surface area contributed by atoms with Crippen LogP contribution >= 0.6 is 11.3 Å². The number of piperidine rings is 1. The number of nitrogens with two attached hydrogens (primary N) is 1. The predicted octanol–water partition coefficient (Wildman–Crippen LogP) is 2.32. The van der Waals surface area contributed by atoms with E-state index >= 15 is 0 Å². The van der Waals surface area contributed by atoms with Crippen LogP contribution in [-0.4, -0.2) is 18.6 Å². The highest BCUT2D eigenvalue weighted by Crippen LogP contribution is 2.28. The lowest BCUT2D eigenvalue weighted by Gasteiger charge is -2.34. The van der Waals surface area contributed by atoms with Gasteiger partial charge in [0.1, 0.15) is 0 Å². The standard InChI is InChI=1S/C12H20N2S/c1-2-4-11-10(13)7-9(8-14-11)12-5-3-6-15-12/h3,5-6,9-11,14H,2,4,7-8,13H2,1H3. The Morgan fingerprint density at radius 1 is 1.60 bits per heavy atom. The summed E-state index contributed by atoms with van der Waals surface area (Å²) in [5.74, 6) is 0.633. The predicted molar refractivity (Wildman–Crippen MR) is 66.4 cm³/mol. The van der Waals surface area contributed by atoms with Gasteiger partial charge in [0, 0.05) is 29.4 Å². The Bertz CT molecular complexity index is 284. The summed E-state index contributed by atoms with van der Waals surface area (Å²) in [4.78, 5) is 1.48. The molecule has 1 saturated heterocycles. The molecule has 0 radical (unpaired) electrons. The van der Waals surface area contributed by atoms with E-state index in [1.807, 2.05) is 11.3 Å². The van der Waals surface area contributed by atoms with Gasteiger partial charge >= 0.3 is 0 Å². The van der Waals surface area contributed by atoms with Crippen molar-refractivity contribution < 1.29 is 0 Å². The fraction of sp³-hybridized carbons (Fsp3) is 0.667. The molecule has 1 aromatic heterocycles. The molecule has 84 valence electrons. The van der Waals surface area contributed by atoms with Gasteiger partial charge in [-0.15, -0.1) is 11.3 Å². The monoisotopic (exact) mass is 224 g/mol. The van der Waals surface area contributed by atoms with Crippen LogP contribution in [0.1, 0.15) is 37.0 Å². The van der Waals surface area contributed by atoms with Crippen molar-refractivity contribution in [2.24, 2.45) is 5.73 Å². The van der Waals surface area contributed by atoms with Gasteiger partial charge < -0.3 is 11.1 Å². The molecular formula is C12H20N2S. The van der Waals surface area contributed by atoms with Gasteiger partial charge in [-0.3, -0.25) is 0 Å². The van der Waals surface area contributed by atoms with E-state index in [1.54, 1.807) is 0 Å². The highest BCUT2D eigenvalue weighted by Gasteiger charge is 2.27. The summed E-state index contributed by atoms with van der Waals surface area (Å²) in [7, 11) is 0. The second kappa shape index (κ2) is 5.10. The molecule has 0 saturated carbocycles. The molecule has 0 aliphatic carbocycles. The maximum absolute atomic E-state index is 6.20. The number of rotatable bonds is 3. The van der Waals surface area contributed by atoms with Crippen LogP contribution in [0, 0.1) is 0 Å². The van der Waals surface area contributed by atoms with E-state index in [0.717, 1.165) is 13.0 Å². The molecule has 2 heterocycles. The second-order valence-electron chi connectivity index (χ2n) is 4.42. The molecule has 15 heavy (non-hydrogen) atoms. The molecule has 0 amide bonds. The van der Waals surface area contributed by atoms with Crippen molar-refractivity contribution in [2.45, 2.75) is 44.2 Å². The molecule has 3 unspecified atom stereocenters. The first-order valence-corrected chi connectivity index (χ1v) is 6.71. The van der Waals surface area contributed by atoms with Crippen molar-refractivity contribution in [1.29, 1.82) is 0 Å². The number of hydrogen-bond acceptors (Lipinski definition) is 3. The molecule has 1 aliphatic rings. The summed E-state index contributed by atoms with van der Waals surface area (Å²) in [5, 5.41) is 5.74. The first kappa shape index (κ1) is 11.1. The Kier molecular flexibility index (Phi) is 3.78. The van der Waals surface area contributed by atoms with Gasteiger partial charge in [-0.1, -0.05) is 19.4 Å². The average Bonchev–Trinajstić information content (AvgIpc) is 2.74. The van der Waals surface area contributed by atoms with Crippen molar-refractivity contribution in [3.8, 4) is 0 Å². The average molecular weight is 224 g/mol. The van der Waals surface area contributed by atoms with Crippen LogP contribution in [0.3, 0.4) is 0 Å². The fourth-order valence-electron chi connectivity index (χ4n) is 2.39. The summed E-state index contributed by atoms with van der Waals surface area (Å²) in [5.41, 5.74) is 6.20. The van der Waals surface area contributed by atoms with Crippen molar-refractivity contribution >= 4 is 11.3 Å². The van der Waals surface area contributed by atoms with Crippen molar-refractivity contribution in [2.75, 3.05) is 6.54 Å². The SMILES string of the molecule is CCCC1NCC(c2cccs2)CC1N. The maximum atomic E-state index is 6.20. The molecule has 1 aromatic rings. The van der Waals surface area contributed by atoms with E-state index in [1.165, 1.54) is 17.7 Å². The maximum Gasteiger partial charge on any atom is 0.0219 e. The number of hydrogen-bond donors (Lipinski definition) is 2. The van der Waals surface area contributed by atoms with Crippen molar-refractivity contribution in [3.63, 3.8) is 0 Å². The molecule has 3 heteroatoms. The molecule has 1 aliphatic heterocycles. The molecule has 0 aromatic carbocycles. The molecule has 3 atom stereocenters. The van der Waals surface area contributed by atoms with E-state index in [4.69, 9.17) is 5.73 Å². The third-order valence-electron chi connectivity index (χ3n) is 3.25. The second-order valence-corrected chi connectivity index (χ2v) is 5.39. The summed E-state index contributed by atoms with van der Waals surface area (Å²) in [6, 6.07) is 5.21. The van der Waals surface area contributed by atoms with Gasteiger partial charge in [0.25, 0.3) is 0 Å². The normalized spacial score (nSPS) is 31.7. The van der Waals surface area contributed by atoms with Gasteiger partial charge in [0.05, 0.1) is 0 Å². The lowest BCUT2D eigenvalue weighted by molar-refractivity contribution is 0.308. The lowest BCUT2D eigenvalue weighted by atomic mass is 9.88. The Hall–Kier alpha value is -0.380. The minimum absolute atomic E-state index is 0.325. The van der Waals surface area contributed by atoms with E-state index in [2.05, 4.69) is 29.8 Å². The molecule has 0 spiro atoms. The topological polar surface area (TPSA) is 38.0 Å². The van der Waals surface area contributed by atoms with Crippen LogP contribution in [0.25, 0.3) is 0 Å². The van der Waals surface area contributed by atoms with Gasteiger partial charge in [0.2, 0.25) is 0 Å². The van der Waals surface area contributed by atoms with Crippen molar-refractivity contribution in [3.05, 3.63) is 22.4 Å². The smallest absolute Gasteiger partial charge is 0.0219 e. The van der Waals surface area contributed by atoms with Crippen LogP contribution < -0.4 is 11.1 Å². The molecule has 2 nitrogen and oxygen atoms in total. The van der Waals surface area contributed by atoms with Gasteiger partial charge in [-0.05, 0) is 24.3 Å². The molecule has 2 rings (SSSR count).